The van der Waals surface area contributed by atoms with Gasteiger partial charge in [0.25, 0.3) is 0 Å². The summed E-state index contributed by atoms with van der Waals surface area (Å²) >= 11 is 0. The van der Waals surface area contributed by atoms with Crippen LogP contribution in [-0.2, 0) is 0 Å². The quantitative estimate of drug-likeness (QED) is 0.659. The highest BCUT2D eigenvalue weighted by Gasteiger charge is 2.45. The minimum Gasteiger partial charge on any atom is -0.303 e. The lowest BCUT2D eigenvalue weighted by Gasteiger charge is -2.43. The summed E-state index contributed by atoms with van der Waals surface area (Å²) in [6.07, 6.45) is 8.64. The van der Waals surface area contributed by atoms with Crippen molar-refractivity contribution in [3.8, 4) is 0 Å². The van der Waals surface area contributed by atoms with Crippen LogP contribution in [-0.4, -0.2) is 72.1 Å². The molecule has 0 aromatic rings. The molecule has 3 aliphatic heterocycles. The van der Waals surface area contributed by atoms with E-state index in [1.165, 1.54) is 84.3 Å². The molecule has 4 rings (SSSR count). The predicted octanol–water partition coefficient (Wildman–Crippen LogP) is 4.97. The molecule has 0 aromatic carbocycles. The molecule has 3 saturated heterocycles. The average Bonchev–Trinajstić information content (AvgIpc) is 3.21. The zero-order chi connectivity index (χ0) is 20.8. The molecule has 3 heterocycles. The lowest BCUT2D eigenvalue weighted by molar-refractivity contribution is 0.0607. The summed E-state index contributed by atoms with van der Waals surface area (Å²) in [5.74, 6) is 3.91. The third-order valence-electron chi connectivity index (χ3n) is 9.16. The van der Waals surface area contributed by atoms with Crippen molar-refractivity contribution in [2.45, 2.75) is 91.6 Å². The zero-order valence-corrected chi connectivity index (χ0v) is 20.4. The second kappa shape index (κ2) is 8.43. The number of hydrogen-bond donors (Lipinski definition) is 0. The maximum atomic E-state index is 2.91. The van der Waals surface area contributed by atoms with Crippen molar-refractivity contribution < 1.29 is 0 Å². The van der Waals surface area contributed by atoms with Crippen molar-refractivity contribution in [1.29, 1.82) is 0 Å². The molecular formula is C26H49N3. The molecule has 0 amide bonds. The molecule has 0 spiro atoms. The third-order valence-corrected chi connectivity index (χ3v) is 9.16. The Labute approximate surface area is 181 Å². The molecule has 2 unspecified atom stereocenters. The van der Waals surface area contributed by atoms with Gasteiger partial charge in [0.15, 0.2) is 0 Å². The van der Waals surface area contributed by atoms with E-state index in [1.54, 1.807) is 0 Å². The van der Waals surface area contributed by atoms with Crippen LogP contribution >= 0.6 is 0 Å². The minimum atomic E-state index is 0.351. The van der Waals surface area contributed by atoms with Crippen LogP contribution in [0.2, 0.25) is 0 Å². The molecule has 3 heteroatoms. The van der Waals surface area contributed by atoms with Gasteiger partial charge < -0.3 is 4.90 Å². The lowest BCUT2D eigenvalue weighted by atomic mass is 9.79. The largest absolute Gasteiger partial charge is 0.303 e. The van der Waals surface area contributed by atoms with Gasteiger partial charge in [0.2, 0.25) is 0 Å². The summed E-state index contributed by atoms with van der Waals surface area (Å²) in [5, 5.41) is 0. The van der Waals surface area contributed by atoms with Gasteiger partial charge in [-0.15, -0.1) is 0 Å². The molecule has 1 saturated carbocycles. The second-order valence-electron chi connectivity index (χ2n) is 13.1. The van der Waals surface area contributed by atoms with Gasteiger partial charge in [0.05, 0.1) is 0 Å². The van der Waals surface area contributed by atoms with E-state index >= 15 is 0 Å². The second-order valence-corrected chi connectivity index (χ2v) is 13.1. The molecule has 2 atom stereocenters. The maximum Gasteiger partial charge on any atom is 0.0125 e. The van der Waals surface area contributed by atoms with E-state index in [1.807, 2.05) is 0 Å². The number of rotatable bonds is 3. The number of piperidine rings is 2. The van der Waals surface area contributed by atoms with Crippen molar-refractivity contribution in [1.82, 2.24) is 14.7 Å². The average molecular weight is 404 g/mol. The van der Waals surface area contributed by atoms with E-state index in [4.69, 9.17) is 0 Å². The van der Waals surface area contributed by atoms with Gasteiger partial charge in [-0.2, -0.15) is 0 Å². The first kappa shape index (κ1) is 22.1. The molecule has 168 valence electrons. The Morgan fingerprint density at radius 2 is 1.28 bits per heavy atom. The fourth-order valence-corrected chi connectivity index (χ4v) is 6.96. The summed E-state index contributed by atoms with van der Waals surface area (Å²) in [7, 11) is 0. The van der Waals surface area contributed by atoms with Crippen LogP contribution in [0, 0.1) is 29.1 Å². The van der Waals surface area contributed by atoms with Crippen LogP contribution in [0.15, 0.2) is 0 Å². The predicted molar refractivity (Wildman–Crippen MR) is 124 cm³/mol. The van der Waals surface area contributed by atoms with E-state index in [-0.39, 0.29) is 0 Å². The Morgan fingerprint density at radius 3 is 1.76 bits per heavy atom. The molecule has 4 aliphatic rings. The monoisotopic (exact) mass is 403 g/mol. The van der Waals surface area contributed by atoms with Crippen molar-refractivity contribution in [2.24, 2.45) is 29.1 Å². The smallest absolute Gasteiger partial charge is 0.0125 e. The summed E-state index contributed by atoms with van der Waals surface area (Å²) in [6, 6.07) is 0.882. The molecule has 3 nitrogen and oxygen atoms in total. The van der Waals surface area contributed by atoms with E-state index in [9.17, 15) is 0 Å². The van der Waals surface area contributed by atoms with Crippen LogP contribution in [0.25, 0.3) is 0 Å². The van der Waals surface area contributed by atoms with Gasteiger partial charge >= 0.3 is 0 Å². The molecule has 29 heavy (non-hydrogen) atoms. The number of likely N-dealkylation sites (tertiary alicyclic amines) is 3. The van der Waals surface area contributed by atoms with Crippen molar-refractivity contribution in [3.05, 3.63) is 0 Å². The number of nitrogens with zero attached hydrogens (tertiary/aromatic N) is 3. The molecule has 0 aromatic heterocycles. The zero-order valence-electron chi connectivity index (χ0n) is 20.4. The van der Waals surface area contributed by atoms with Crippen molar-refractivity contribution in [3.63, 3.8) is 0 Å². The third kappa shape index (κ3) is 5.21. The number of hydrogen-bond acceptors (Lipinski definition) is 3. The van der Waals surface area contributed by atoms with Gasteiger partial charge in [-0.05, 0) is 115 Å². The van der Waals surface area contributed by atoms with Gasteiger partial charge in [0, 0.05) is 31.2 Å². The first-order valence-corrected chi connectivity index (χ1v) is 12.8. The summed E-state index contributed by atoms with van der Waals surface area (Å²) in [4.78, 5) is 8.40. The maximum absolute atomic E-state index is 2.91. The molecule has 4 fully saturated rings. The number of fused-ring (bicyclic) bond motifs is 1. The van der Waals surface area contributed by atoms with Crippen LogP contribution in [0.4, 0.5) is 0 Å². The highest BCUT2D eigenvalue weighted by atomic mass is 15.2. The van der Waals surface area contributed by atoms with E-state index in [0.29, 0.717) is 11.0 Å². The molecule has 1 aliphatic carbocycles. The van der Waals surface area contributed by atoms with Crippen molar-refractivity contribution >= 4 is 0 Å². The highest BCUT2D eigenvalue weighted by Crippen LogP contribution is 2.49. The Balaban J connectivity index is 1.17. The Hall–Kier alpha value is -0.120. The Morgan fingerprint density at radius 1 is 0.724 bits per heavy atom. The Bertz CT molecular complexity index is 515. The summed E-state index contributed by atoms with van der Waals surface area (Å²) in [6.45, 7) is 24.0. The van der Waals surface area contributed by atoms with E-state index in [0.717, 1.165) is 29.7 Å². The topological polar surface area (TPSA) is 9.72 Å². The van der Waals surface area contributed by atoms with Crippen LogP contribution in [0.1, 0.15) is 80.1 Å². The van der Waals surface area contributed by atoms with Crippen molar-refractivity contribution in [2.75, 3.05) is 45.8 Å². The first-order valence-electron chi connectivity index (χ1n) is 12.8. The van der Waals surface area contributed by atoms with E-state index < -0.39 is 0 Å². The summed E-state index contributed by atoms with van der Waals surface area (Å²) < 4.78 is 0. The van der Waals surface area contributed by atoms with Gasteiger partial charge in [-0.25, -0.2) is 0 Å². The molecule has 0 radical (unpaired) electrons. The fraction of sp³-hybridized carbons (Fsp3) is 1.00. The SMILES string of the molecule is CC(C)(C)C1CC2CN(C3CCN(CC4CCN(C(C)(C)C)CC4)CC3)CC2C1. The van der Waals surface area contributed by atoms with Crippen LogP contribution in [0.3, 0.4) is 0 Å². The van der Waals surface area contributed by atoms with Gasteiger partial charge in [-0.1, -0.05) is 20.8 Å². The molecular weight excluding hydrogens is 354 g/mol. The minimum absolute atomic E-state index is 0.351. The molecule has 0 N–H and O–H groups in total. The van der Waals surface area contributed by atoms with Gasteiger partial charge in [-0.3, -0.25) is 9.80 Å². The van der Waals surface area contributed by atoms with Crippen LogP contribution in [0.5, 0.6) is 0 Å². The molecule has 0 bridgehead atoms. The Kier molecular flexibility index (Phi) is 6.42. The van der Waals surface area contributed by atoms with Crippen LogP contribution < -0.4 is 0 Å². The van der Waals surface area contributed by atoms with Gasteiger partial charge in [0.1, 0.15) is 0 Å². The normalized spacial score (nSPS) is 34.8. The lowest BCUT2D eigenvalue weighted by Crippen LogP contribution is -2.49. The first-order chi connectivity index (χ1) is 13.6. The van der Waals surface area contributed by atoms with E-state index in [2.05, 4.69) is 56.2 Å². The highest BCUT2D eigenvalue weighted by molar-refractivity contribution is 4.97. The standard InChI is InChI=1S/C26H49N3/c1-25(2,3)23-15-21-18-28(19-22(21)16-23)24-9-11-27(12-10-24)17-20-7-13-29(14-8-20)26(4,5)6/h20-24H,7-19H2,1-6H3. The summed E-state index contributed by atoms with van der Waals surface area (Å²) in [5.41, 5.74) is 0.869. The fourth-order valence-electron chi connectivity index (χ4n) is 6.96.